The number of nitrogens with two attached hydrogens (primary N) is 1. The third-order valence-corrected chi connectivity index (χ3v) is 3.31. The van der Waals surface area contributed by atoms with Crippen LogP contribution in [0.5, 0.6) is 0 Å². The summed E-state index contributed by atoms with van der Waals surface area (Å²) in [6, 6.07) is 1.56. The number of anilines is 1. The first-order valence-corrected chi connectivity index (χ1v) is 6.89. The summed E-state index contributed by atoms with van der Waals surface area (Å²) in [4.78, 5) is 19.6. The molecule has 1 atom stereocenters. The molecule has 0 saturated heterocycles. The van der Waals surface area contributed by atoms with Crippen LogP contribution < -0.4 is 11.1 Å². The number of hydrogen-bond donors (Lipinski definition) is 2. The fraction of sp³-hybridized carbons (Fsp3) is 0.615. The van der Waals surface area contributed by atoms with E-state index in [2.05, 4.69) is 29.1 Å². The molecule has 106 valence electrons. The van der Waals surface area contributed by atoms with Crippen molar-refractivity contribution < 1.29 is 4.79 Å². The fourth-order valence-electron chi connectivity index (χ4n) is 1.93. The Morgan fingerprint density at radius 3 is 2.79 bits per heavy atom. The van der Waals surface area contributed by atoms with E-state index in [-0.39, 0.29) is 11.9 Å². The molecule has 5 nitrogen and oxygen atoms in total. The Balaban J connectivity index is 2.42. The number of carbonyl (C=O) groups excluding carboxylic acids is 1. The summed E-state index contributed by atoms with van der Waals surface area (Å²) in [6.45, 7) is 4.96. The molecule has 0 spiro atoms. The van der Waals surface area contributed by atoms with E-state index in [1.807, 2.05) is 0 Å². The molecule has 0 fully saturated rings. The van der Waals surface area contributed by atoms with E-state index in [1.165, 1.54) is 6.20 Å². The van der Waals surface area contributed by atoms with Gasteiger partial charge in [0.1, 0.15) is 5.15 Å². The molecule has 1 aromatic heterocycles. The van der Waals surface area contributed by atoms with E-state index < -0.39 is 0 Å². The number of hydrogen-bond acceptors (Lipinski definition) is 4. The second-order valence-electron chi connectivity index (χ2n) is 4.87. The Kier molecular flexibility index (Phi) is 6.73. The molecule has 6 heteroatoms. The van der Waals surface area contributed by atoms with Gasteiger partial charge in [0.2, 0.25) is 11.9 Å². The number of nitrogens with one attached hydrogen (secondary N) is 1. The quantitative estimate of drug-likeness (QED) is 0.754. The molecule has 0 aliphatic rings. The van der Waals surface area contributed by atoms with Gasteiger partial charge < -0.3 is 5.73 Å². The molecule has 0 aliphatic heterocycles. The summed E-state index contributed by atoms with van der Waals surface area (Å²) in [5.41, 5.74) is 5.58. The Labute approximate surface area is 119 Å². The molecular formula is C13H21ClN4O. The predicted octanol–water partition coefficient (Wildman–Crippen LogP) is 2.47. The van der Waals surface area contributed by atoms with Gasteiger partial charge in [-0.1, -0.05) is 25.4 Å². The standard InChI is InChI=1S/C13H21ClN4O/c1-9(2)10(5-7-15)3-4-12(19)18-13-16-8-6-11(14)17-13/h6,8-10H,3-5,7,15H2,1-2H3,(H,16,17,18,19). The van der Waals surface area contributed by atoms with Crippen LogP contribution in [0.25, 0.3) is 0 Å². The molecule has 0 bridgehead atoms. The molecule has 1 amide bonds. The number of nitrogens with zero attached hydrogens (tertiary/aromatic N) is 2. The van der Waals surface area contributed by atoms with Crippen LogP contribution in [0.4, 0.5) is 5.95 Å². The van der Waals surface area contributed by atoms with Crippen LogP contribution in [-0.2, 0) is 4.79 Å². The highest BCUT2D eigenvalue weighted by molar-refractivity contribution is 6.29. The molecule has 3 N–H and O–H groups in total. The van der Waals surface area contributed by atoms with Crippen LogP contribution in [0.2, 0.25) is 5.15 Å². The van der Waals surface area contributed by atoms with Crippen molar-refractivity contribution >= 4 is 23.5 Å². The molecule has 1 heterocycles. The van der Waals surface area contributed by atoms with Crippen LogP contribution in [0.3, 0.4) is 0 Å². The molecule has 0 saturated carbocycles. The summed E-state index contributed by atoms with van der Waals surface area (Å²) in [6.07, 6.45) is 3.72. The number of carbonyl (C=O) groups is 1. The highest BCUT2D eigenvalue weighted by atomic mass is 35.5. The minimum absolute atomic E-state index is 0.0926. The number of halogens is 1. The first-order valence-electron chi connectivity index (χ1n) is 6.51. The van der Waals surface area contributed by atoms with Crippen molar-refractivity contribution in [3.8, 4) is 0 Å². The van der Waals surface area contributed by atoms with Crippen molar-refractivity contribution in [2.45, 2.75) is 33.1 Å². The average molecular weight is 285 g/mol. The van der Waals surface area contributed by atoms with Crippen molar-refractivity contribution in [2.75, 3.05) is 11.9 Å². The van der Waals surface area contributed by atoms with Gasteiger partial charge in [0, 0.05) is 12.6 Å². The minimum Gasteiger partial charge on any atom is -0.330 e. The van der Waals surface area contributed by atoms with E-state index in [1.54, 1.807) is 6.07 Å². The van der Waals surface area contributed by atoms with Crippen molar-refractivity contribution in [2.24, 2.45) is 17.6 Å². The van der Waals surface area contributed by atoms with Gasteiger partial charge in [-0.3, -0.25) is 10.1 Å². The molecular weight excluding hydrogens is 264 g/mol. The zero-order valence-corrected chi connectivity index (χ0v) is 12.2. The van der Waals surface area contributed by atoms with Gasteiger partial charge >= 0.3 is 0 Å². The summed E-state index contributed by atoms with van der Waals surface area (Å²) < 4.78 is 0. The molecule has 19 heavy (non-hydrogen) atoms. The van der Waals surface area contributed by atoms with Crippen LogP contribution in [0, 0.1) is 11.8 Å². The van der Waals surface area contributed by atoms with E-state index in [0.717, 1.165) is 12.8 Å². The van der Waals surface area contributed by atoms with Crippen LogP contribution in [0.1, 0.15) is 33.1 Å². The van der Waals surface area contributed by atoms with Crippen molar-refractivity contribution in [1.82, 2.24) is 9.97 Å². The van der Waals surface area contributed by atoms with Gasteiger partial charge in [-0.2, -0.15) is 0 Å². The van der Waals surface area contributed by atoms with E-state index >= 15 is 0 Å². The maximum atomic E-state index is 11.8. The largest absolute Gasteiger partial charge is 0.330 e. The van der Waals surface area contributed by atoms with E-state index in [4.69, 9.17) is 17.3 Å². The van der Waals surface area contributed by atoms with Gasteiger partial charge in [-0.15, -0.1) is 0 Å². The lowest BCUT2D eigenvalue weighted by Gasteiger charge is -2.19. The van der Waals surface area contributed by atoms with Crippen LogP contribution in [0.15, 0.2) is 12.3 Å². The van der Waals surface area contributed by atoms with E-state index in [9.17, 15) is 4.79 Å². The number of amides is 1. The van der Waals surface area contributed by atoms with Crippen molar-refractivity contribution in [3.05, 3.63) is 17.4 Å². The molecule has 0 radical (unpaired) electrons. The Morgan fingerprint density at radius 2 is 2.21 bits per heavy atom. The molecule has 1 aromatic rings. The van der Waals surface area contributed by atoms with E-state index in [0.29, 0.717) is 30.0 Å². The normalized spacial score (nSPS) is 12.5. The molecule has 1 rings (SSSR count). The maximum Gasteiger partial charge on any atom is 0.230 e. The third-order valence-electron chi connectivity index (χ3n) is 3.10. The Bertz CT molecular complexity index is 411. The predicted molar refractivity (Wildman–Crippen MR) is 76.9 cm³/mol. The summed E-state index contributed by atoms with van der Waals surface area (Å²) >= 11 is 5.72. The summed E-state index contributed by atoms with van der Waals surface area (Å²) in [5.74, 6) is 1.15. The van der Waals surface area contributed by atoms with Crippen molar-refractivity contribution in [1.29, 1.82) is 0 Å². The second kappa shape index (κ2) is 8.07. The first kappa shape index (κ1) is 15.9. The number of aromatic nitrogens is 2. The maximum absolute atomic E-state index is 11.8. The minimum atomic E-state index is -0.0926. The Morgan fingerprint density at radius 1 is 1.47 bits per heavy atom. The average Bonchev–Trinajstić information content (AvgIpc) is 2.34. The SMILES string of the molecule is CC(C)C(CCN)CCC(=O)Nc1nccc(Cl)n1. The van der Waals surface area contributed by atoms with Gasteiger partial charge in [0.15, 0.2) is 0 Å². The smallest absolute Gasteiger partial charge is 0.230 e. The summed E-state index contributed by atoms with van der Waals surface area (Å²) in [5, 5.41) is 2.96. The zero-order chi connectivity index (χ0) is 14.3. The highest BCUT2D eigenvalue weighted by Gasteiger charge is 2.14. The third kappa shape index (κ3) is 5.98. The Hall–Kier alpha value is -1.20. The first-order chi connectivity index (χ1) is 9.02. The monoisotopic (exact) mass is 284 g/mol. The van der Waals surface area contributed by atoms with Gasteiger partial charge in [-0.25, -0.2) is 9.97 Å². The van der Waals surface area contributed by atoms with Crippen LogP contribution >= 0.6 is 11.6 Å². The highest BCUT2D eigenvalue weighted by Crippen LogP contribution is 2.20. The number of rotatable bonds is 7. The van der Waals surface area contributed by atoms with Gasteiger partial charge in [-0.05, 0) is 37.3 Å². The zero-order valence-electron chi connectivity index (χ0n) is 11.4. The molecule has 0 aliphatic carbocycles. The topological polar surface area (TPSA) is 80.9 Å². The second-order valence-corrected chi connectivity index (χ2v) is 5.26. The fourth-order valence-corrected chi connectivity index (χ4v) is 2.06. The lowest BCUT2D eigenvalue weighted by Crippen LogP contribution is -2.19. The van der Waals surface area contributed by atoms with Crippen LogP contribution in [-0.4, -0.2) is 22.4 Å². The lowest BCUT2D eigenvalue weighted by atomic mass is 9.88. The molecule has 1 unspecified atom stereocenters. The van der Waals surface area contributed by atoms with Gasteiger partial charge in [0.05, 0.1) is 0 Å². The lowest BCUT2D eigenvalue weighted by molar-refractivity contribution is -0.116. The molecule has 0 aromatic carbocycles. The summed E-state index contributed by atoms with van der Waals surface area (Å²) in [7, 11) is 0. The van der Waals surface area contributed by atoms with Gasteiger partial charge in [0.25, 0.3) is 0 Å². The van der Waals surface area contributed by atoms with Crippen molar-refractivity contribution in [3.63, 3.8) is 0 Å².